The number of sulfonamides is 1. The molecule has 0 aromatic carbocycles. The standard InChI is InChI=1S/C13H23ClN4O2S/c1-3-12(2)16-6-8-18(9-7-16)21(19,20)13-10-15-17(11-13)5-4-14/h10-12H,3-9H2,1-2H3. The van der Waals surface area contributed by atoms with Crippen molar-refractivity contribution in [1.82, 2.24) is 19.0 Å². The first kappa shape index (κ1) is 16.7. The first-order valence-electron chi connectivity index (χ1n) is 7.31. The number of aryl methyl sites for hydroxylation is 1. The molecule has 0 spiro atoms. The molecule has 1 aromatic rings. The van der Waals surface area contributed by atoms with Crippen LogP contribution in [0.2, 0.25) is 0 Å². The highest BCUT2D eigenvalue weighted by Gasteiger charge is 2.30. The lowest BCUT2D eigenvalue weighted by atomic mass is 10.2. The van der Waals surface area contributed by atoms with Gasteiger partial charge in [0.25, 0.3) is 0 Å². The zero-order chi connectivity index (χ0) is 15.5. The minimum Gasteiger partial charge on any atom is -0.298 e. The van der Waals surface area contributed by atoms with E-state index in [2.05, 4.69) is 23.8 Å². The van der Waals surface area contributed by atoms with E-state index in [0.29, 0.717) is 31.6 Å². The Balaban J connectivity index is 2.03. The Morgan fingerprint density at radius 1 is 1.33 bits per heavy atom. The lowest BCUT2D eigenvalue weighted by Gasteiger charge is -2.36. The molecule has 1 saturated heterocycles. The second kappa shape index (κ2) is 7.09. The zero-order valence-corrected chi connectivity index (χ0v) is 14.1. The van der Waals surface area contributed by atoms with Crippen LogP contribution in [0.15, 0.2) is 17.3 Å². The Bertz CT molecular complexity index is 552. The first-order valence-corrected chi connectivity index (χ1v) is 9.29. The van der Waals surface area contributed by atoms with Crippen LogP contribution in [0, 0.1) is 0 Å². The van der Waals surface area contributed by atoms with Crippen LogP contribution in [-0.2, 0) is 16.6 Å². The Hall–Kier alpha value is -0.630. The van der Waals surface area contributed by atoms with Crippen molar-refractivity contribution in [3.05, 3.63) is 12.4 Å². The third kappa shape index (κ3) is 3.77. The molecule has 1 aliphatic heterocycles. The number of rotatable bonds is 6. The summed E-state index contributed by atoms with van der Waals surface area (Å²) in [7, 11) is -3.44. The van der Waals surface area contributed by atoms with Crippen LogP contribution in [0.5, 0.6) is 0 Å². The van der Waals surface area contributed by atoms with Crippen LogP contribution in [-0.4, -0.2) is 65.5 Å². The van der Waals surface area contributed by atoms with Gasteiger partial charge in [0, 0.05) is 44.3 Å². The van der Waals surface area contributed by atoms with E-state index >= 15 is 0 Å². The van der Waals surface area contributed by atoms with E-state index in [-0.39, 0.29) is 4.90 Å². The molecule has 0 saturated carbocycles. The minimum absolute atomic E-state index is 0.254. The van der Waals surface area contributed by atoms with Gasteiger partial charge in [0.15, 0.2) is 0 Å². The van der Waals surface area contributed by atoms with Gasteiger partial charge >= 0.3 is 0 Å². The van der Waals surface area contributed by atoms with E-state index in [1.807, 2.05) is 0 Å². The molecule has 2 rings (SSSR count). The fraction of sp³-hybridized carbons (Fsp3) is 0.769. The Kier molecular flexibility index (Phi) is 5.65. The maximum absolute atomic E-state index is 12.6. The second-order valence-electron chi connectivity index (χ2n) is 5.33. The summed E-state index contributed by atoms with van der Waals surface area (Å²) in [6.07, 6.45) is 4.04. The number of hydrogen-bond donors (Lipinski definition) is 0. The third-order valence-electron chi connectivity index (χ3n) is 4.05. The molecule has 1 aliphatic rings. The maximum atomic E-state index is 12.6. The van der Waals surface area contributed by atoms with Crippen molar-refractivity contribution in [2.45, 2.75) is 37.8 Å². The lowest BCUT2D eigenvalue weighted by molar-refractivity contribution is 0.142. The van der Waals surface area contributed by atoms with Gasteiger partial charge in [0.2, 0.25) is 10.0 Å². The molecule has 2 heterocycles. The topological polar surface area (TPSA) is 58.4 Å². The second-order valence-corrected chi connectivity index (χ2v) is 7.64. The summed E-state index contributed by atoms with van der Waals surface area (Å²) in [5.74, 6) is 0.411. The molecule has 1 fully saturated rings. The summed E-state index contributed by atoms with van der Waals surface area (Å²) < 4.78 is 28.3. The normalized spacial score (nSPS) is 19.8. The Morgan fingerprint density at radius 3 is 2.57 bits per heavy atom. The number of nitrogens with zero attached hydrogens (tertiary/aromatic N) is 4. The van der Waals surface area contributed by atoms with Gasteiger partial charge in [-0.1, -0.05) is 6.92 Å². The van der Waals surface area contributed by atoms with Gasteiger partial charge in [-0.2, -0.15) is 9.40 Å². The van der Waals surface area contributed by atoms with E-state index < -0.39 is 10.0 Å². The SMILES string of the molecule is CCC(C)N1CCN(S(=O)(=O)c2cnn(CCCl)c2)CC1. The van der Waals surface area contributed by atoms with Crippen molar-refractivity contribution in [2.24, 2.45) is 0 Å². The van der Waals surface area contributed by atoms with Crippen LogP contribution in [0.25, 0.3) is 0 Å². The van der Waals surface area contributed by atoms with Gasteiger partial charge in [0.1, 0.15) is 4.90 Å². The highest BCUT2D eigenvalue weighted by atomic mass is 35.5. The van der Waals surface area contributed by atoms with Crippen molar-refractivity contribution in [2.75, 3.05) is 32.1 Å². The summed E-state index contributed by atoms with van der Waals surface area (Å²) in [4.78, 5) is 2.59. The summed E-state index contributed by atoms with van der Waals surface area (Å²) >= 11 is 5.64. The van der Waals surface area contributed by atoms with E-state index in [0.717, 1.165) is 19.5 Å². The van der Waals surface area contributed by atoms with Gasteiger partial charge in [-0.15, -0.1) is 11.6 Å². The van der Waals surface area contributed by atoms with Gasteiger partial charge in [-0.3, -0.25) is 9.58 Å². The van der Waals surface area contributed by atoms with Crippen molar-refractivity contribution in [3.63, 3.8) is 0 Å². The Labute approximate surface area is 131 Å². The number of halogens is 1. The molecule has 6 nitrogen and oxygen atoms in total. The molecule has 1 atom stereocenters. The molecule has 8 heteroatoms. The molecule has 120 valence electrons. The van der Waals surface area contributed by atoms with Gasteiger partial charge in [0.05, 0.1) is 12.7 Å². The summed E-state index contributed by atoms with van der Waals surface area (Å²) in [5, 5.41) is 4.04. The van der Waals surface area contributed by atoms with Crippen molar-refractivity contribution in [1.29, 1.82) is 0 Å². The lowest BCUT2D eigenvalue weighted by Crippen LogP contribution is -2.51. The first-order chi connectivity index (χ1) is 9.98. The molecule has 0 radical (unpaired) electrons. The molecule has 0 amide bonds. The van der Waals surface area contributed by atoms with Crippen LogP contribution in [0.3, 0.4) is 0 Å². The van der Waals surface area contributed by atoms with E-state index in [1.165, 1.54) is 6.20 Å². The minimum atomic E-state index is -3.44. The highest BCUT2D eigenvalue weighted by Crippen LogP contribution is 2.18. The number of piperazine rings is 1. The third-order valence-corrected chi connectivity index (χ3v) is 6.07. The summed E-state index contributed by atoms with van der Waals surface area (Å²) in [6, 6.07) is 0.501. The molecule has 0 bridgehead atoms. The van der Waals surface area contributed by atoms with Gasteiger partial charge in [-0.05, 0) is 13.3 Å². The maximum Gasteiger partial charge on any atom is 0.246 e. The van der Waals surface area contributed by atoms with Crippen molar-refractivity contribution >= 4 is 21.6 Å². The molecular formula is C13H23ClN4O2S. The average molecular weight is 335 g/mol. The van der Waals surface area contributed by atoms with Crippen molar-refractivity contribution < 1.29 is 8.42 Å². The monoisotopic (exact) mass is 334 g/mol. The summed E-state index contributed by atoms with van der Waals surface area (Å²) in [6.45, 7) is 7.48. The molecule has 1 unspecified atom stereocenters. The van der Waals surface area contributed by atoms with Crippen molar-refractivity contribution in [3.8, 4) is 0 Å². The van der Waals surface area contributed by atoms with Crippen LogP contribution in [0.4, 0.5) is 0 Å². The highest BCUT2D eigenvalue weighted by molar-refractivity contribution is 7.89. The van der Waals surface area contributed by atoms with E-state index in [4.69, 9.17) is 11.6 Å². The van der Waals surface area contributed by atoms with E-state index in [9.17, 15) is 8.42 Å². The predicted molar refractivity (Wildman–Crippen MR) is 83.0 cm³/mol. The Morgan fingerprint density at radius 2 is 2.00 bits per heavy atom. The number of hydrogen-bond acceptors (Lipinski definition) is 4. The molecule has 21 heavy (non-hydrogen) atoms. The molecule has 0 aliphatic carbocycles. The molecule has 0 N–H and O–H groups in total. The van der Waals surface area contributed by atoms with E-state index in [1.54, 1.807) is 15.2 Å². The van der Waals surface area contributed by atoms with Gasteiger partial charge in [-0.25, -0.2) is 8.42 Å². The predicted octanol–water partition coefficient (Wildman–Crippen LogP) is 1.23. The number of alkyl halides is 1. The van der Waals surface area contributed by atoms with Crippen LogP contribution in [0.1, 0.15) is 20.3 Å². The fourth-order valence-corrected chi connectivity index (χ4v) is 4.03. The quantitative estimate of drug-likeness (QED) is 0.734. The molecule has 1 aromatic heterocycles. The summed E-state index contributed by atoms with van der Waals surface area (Å²) in [5.41, 5.74) is 0. The fourth-order valence-electron chi connectivity index (χ4n) is 2.48. The molecular weight excluding hydrogens is 312 g/mol. The van der Waals surface area contributed by atoms with Crippen LogP contribution >= 0.6 is 11.6 Å². The van der Waals surface area contributed by atoms with Gasteiger partial charge < -0.3 is 0 Å². The number of aromatic nitrogens is 2. The average Bonchev–Trinajstić information content (AvgIpc) is 2.96. The van der Waals surface area contributed by atoms with Crippen LogP contribution < -0.4 is 0 Å². The smallest absolute Gasteiger partial charge is 0.246 e. The zero-order valence-electron chi connectivity index (χ0n) is 12.6. The largest absolute Gasteiger partial charge is 0.298 e.